The average molecular weight is 523 g/mol. The van der Waals surface area contributed by atoms with Gasteiger partial charge in [-0.2, -0.15) is 0 Å². The number of hydrogen-bond acceptors (Lipinski definition) is 4. The number of fused-ring (bicyclic) bond motifs is 4. The van der Waals surface area contributed by atoms with Crippen molar-refractivity contribution in [3.8, 4) is 0 Å². The van der Waals surface area contributed by atoms with Crippen LogP contribution in [0.3, 0.4) is 0 Å². The third-order valence-corrected chi connectivity index (χ3v) is 6.93. The summed E-state index contributed by atoms with van der Waals surface area (Å²) in [5.41, 5.74) is 6.02. The molecule has 0 amide bonds. The highest BCUT2D eigenvalue weighted by Gasteiger charge is 2.17. The maximum Gasteiger partial charge on any atom is 0.303 e. The number of nitrogens with zero attached hydrogens (tertiary/aromatic N) is 1. The predicted octanol–water partition coefficient (Wildman–Crippen LogP) is 8.03. The first-order valence-electron chi connectivity index (χ1n) is 12.3. The number of Topliss-reactive ketones (excluding diaryl/α,β-unsaturated/α-hetero) is 1. The third-order valence-electron chi connectivity index (χ3n) is 6.70. The van der Waals surface area contributed by atoms with Gasteiger partial charge in [0.25, 0.3) is 0 Å². The third kappa shape index (κ3) is 4.51. The maximum absolute atomic E-state index is 12.8. The van der Waals surface area contributed by atoms with Gasteiger partial charge in [-0.3, -0.25) is 9.59 Å². The molecule has 0 saturated heterocycles. The lowest BCUT2D eigenvalue weighted by atomic mass is 10.1. The summed E-state index contributed by atoms with van der Waals surface area (Å²) in [6.45, 7) is 0.548. The number of hydrogen-bond donors (Lipinski definition) is 2. The normalized spacial score (nSPS) is 11.4. The number of rotatable bonds is 8. The molecule has 7 heteroatoms. The first kappa shape index (κ1) is 23.8. The summed E-state index contributed by atoms with van der Waals surface area (Å²) in [7, 11) is 0. The molecule has 2 heterocycles. The second-order valence-electron chi connectivity index (χ2n) is 9.25. The molecular weight excluding hydrogens is 500 g/mol. The van der Waals surface area contributed by atoms with Crippen molar-refractivity contribution < 1.29 is 19.1 Å². The zero-order valence-electron chi connectivity index (χ0n) is 20.3. The largest absolute Gasteiger partial charge is 0.481 e. The summed E-state index contributed by atoms with van der Waals surface area (Å²) >= 11 is 6.21. The summed E-state index contributed by atoms with van der Waals surface area (Å²) in [6.07, 6.45) is 1.53. The molecular formula is C31H23ClN2O4. The fourth-order valence-electron chi connectivity index (χ4n) is 4.90. The highest BCUT2D eigenvalue weighted by atomic mass is 35.5. The van der Waals surface area contributed by atoms with Crippen LogP contribution >= 0.6 is 11.6 Å². The standard InChI is InChI=1S/C31H23ClN2O4/c32-20-10-13-26-23(16-20)24(27(35)14-15-30(36)37)18-34(26)17-19-8-11-21(12-9-19)33-25-5-3-7-29-31(25)22-4-1-2-6-28(22)38-29/h1-13,16,18,33H,14-15,17H2,(H,36,37). The van der Waals surface area contributed by atoms with E-state index in [9.17, 15) is 9.59 Å². The van der Waals surface area contributed by atoms with E-state index in [0.29, 0.717) is 17.1 Å². The lowest BCUT2D eigenvalue weighted by molar-refractivity contribution is -0.136. The van der Waals surface area contributed by atoms with Crippen molar-refractivity contribution in [2.45, 2.75) is 19.4 Å². The van der Waals surface area contributed by atoms with Gasteiger partial charge in [-0.1, -0.05) is 48.0 Å². The highest BCUT2D eigenvalue weighted by molar-refractivity contribution is 6.31. The summed E-state index contributed by atoms with van der Waals surface area (Å²) in [5.74, 6) is -1.20. The van der Waals surface area contributed by atoms with Crippen LogP contribution in [0.4, 0.5) is 11.4 Å². The van der Waals surface area contributed by atoms with E-state index in [2.05, 4.69) is 11.4 Å². The number of carbonyl (C=O) groups excluding carboxylic acids is 1. The second-order valence-corrected chi connectivity index (χ2v) is 9.68. The topological polar surface area (TPSA) is 84.5 Å². The molecule has 2 N–H and O–H groups in total. The van der Waals surface area contributed by atoms with Crippen molar-refractivity contribution in [1.82, 2.24) is 4.57 Å². The molecule has 0 aliphatic heterocycles. The highest BCUT2D eigenvalue weighted by Crippen LogP contribution is 2.35. The van der Waals surface area contributed by atoms with Crippen LogP contribution in [-0.2, 0) is 11.3 Å². The number of ketones is 1. The number of halogens is 1. The average Bonchev–Trinajstić information content (AvgIpc) is 3.47. The molecule has 0 saturated carbocycles. The van der Waals surface area contributed by atoms with E-state index in [4.69, 9.17) is 21.1 Å². The van der Waals surface area contributed by atoms with Gasteiger partial charge in [-0.05, 0) is 54.1 Å². The van der Waals surface area contributed by atoms with E-state index in [0.717, 1.165) is 49.8 Å². The Balaban J connectivity index is 1.27. The van der Waals surface area contributed by atoms with Gasteiger partial charge in [0.05, 0.1) is 17.5 Å². The maximum atomic E-state index is 12.8. The molecule has 4 aromatic carbocycles. The Morgan fingerprint density at radius 2 is 1.66 bits per heavy atom. The molecule has 188 valence electrons. The van der Waals surface area contributed by atoms with Crippen molar-refractivity contribution >= 4 is 67.6 Å². The minimum atomic E-state index is -0.994. The molecule has 0 aliphatic carbocycles. The Kier molecular flexibility index (Phi) is 6.10. The van der Waals surface area contributed by atoms with Gasteiger partial charge < -0.3 is 19.4 Å². The number of carbonyl (C=O) groups is 2. The van der Waals surface area contributed by atoms with Crippen LogP contribution < -0.4 is 5.32 Å². The Bertz CT molecular complexity index is 1830. The molecule has 0 bridgehead atoms. The van der Waals surface area contributed by atoms with Crippen molar-refractivity contribution in [3.05, 3.63) is 107 Å². The molecule has 38 heavy (non-hydrogen) atoms. The minimum Gasteiger partial charge on any atom is -0.481 e. The number of carboxylic acids is 1. The van der Waals surface area contributed by atoms with E-state index in [1.165, 1.54) is 0 Å². The summed E-state index contributed by atoms with van der Waals surface area (Å²) in [6, 6.07) is 27.6. The van der Waals surface area contributed by atoms with E-state index in [1.54, 1.807) is 18.3 Å². The second kappa shape index (κ2) is 9.72. The Morgan fingerprint density at radius 3 is 2.47 bits per heavy atom. The quantitative estimate of drug-likeness (QED) is 0.198. The van der Waals surface area contributed by atoms with Crippen LogP contribution in [0.15, 0.2) is 95.5 Å². The van der Waals surface area contributed by atoms with Crippen LogP contribution in [0.25, 0.3) is 32.8 Å². The minimum absolute atomic E-state index is 0.0555. The monoisotopic (exact) mass is 522 g/mol. The molecule has 0 spiro atoms. The van der Waals surface area contributed by atoms with Gasteiger partial charge >= 0.3 is 5.97 Å². The van der Waals surface area contributed by atoms with Crippen LogP contribution in [0, 0.1) is 0 Å². The lowest BCUT2D eigenvalue weighted by Gasteiger charge is -2.10. The zero-order chi connectivity index (χ0) is 26.2. The van der Waals surface area contributed by atoms with Gasteiger partial charge in [-0.15, -0.1) is 0 Å². The number of anilines is 2. The molecule has 2 aromatic heterocycles. The molecule has 0 unspecified atom stereocenters. The number of aromatic nitrogens is 1. The van der Waals surface area contributed by atoms with Gasteiger partial charge in [0.1, 0.15) is 11.2 Å². The fourth-order valence-corrected chi connectivity index (χ4v) is 5.07. The van der Waals surface area contributed by atoms with Gasteiger partial charge in [0.2, 0.25) is 0 Å². The van der Waals surface area contributed by atoms with Crippen molar-refractivity contribution in [3.63, 3.8) is 0 Å². The van der Waals surface area contributed by atoms with E-state index < -0.39 is 5.97 Å². The number of carboxylic acid groups (broad SMARTS) is 1. The molecule has 6 aromatic rings. The van der Waals surface area contributed by atoms with E-state index in [1.807, 2.05) is 71.3 Å². The van der Waals surface area contributed by atoms with Crippen molar-refractivity contribution in [2.75, 3.05) is 5.32 Å². The summed E-state index contributed by atoms with van der Waals surface area (Å²) < 4.78 is 8.00. The number of nitrogens with one attached hydrogen (secondary N) is 1. The Morgan fingerprint density at radius 1 is 0.868 bits per heavy atom. The van der Waals surface area contributed by atoms with Crippen LogP contribution in [0.1, 0.15) is 28.8 Å². The van der Waals surface area contributed by atoms with Crippen LogP contribution in [-0.4, -0.2) is 21.4 Å². The van der Waals surface area contributed by atoms with Gasteiger partial charge in [0.15, 0.2) is 5.78 Å². The van der Waals surface area contributed by atoms with Crippen LogP contribution in [0.5, 0.6) is 0 Å². The molecule has 0 radical (unpaired) electrons. The van der Waals surface area contributed by atoms with E-state index >= 15 is 0 Å². The number of para-hydroxylation sites is 1. The molecule has 0 aliphatic rings. The van der Waals surface area contributed by atoms with Crippen molar-refractivity contribution in [1.29, 1.82) is 0 Å². The van der Waals surface area contributed by atoms with Crippen LogP contribution in [0.2, 0.25) is 5.02 Å². The molecule has 0 atom stereocenters. The van der Waals surface area contributed by atoms with E-state index in [-0.39, 0.29) is 18.6 Å². The Labute approximate surface area is 223 Å². The van der Waals surface area contributed by atoms with Gasteiger partial charge in [0, 0.05) is 51.7 Å². The first-order valence-corrected chi connectivity index (χ1v) is 12.6. The Hall–Kier alpha value is -4.55. The molecule has 0 fully saturated rings. The lowest BCUT2D eigenvalue weighted by Crippen LogP contribution is -2.03. The number of aliphatic carboxylic acids is 1. The van der Waals surface area contributed by atoms with Crippen molar-refractivity contribution in [2.24, 2.45) is 0 Å². The molecule has 6 nitrogen and oxygen atoms in total. The van der Waals surface area contributed by atoms with Gasteiger partial charge in [-0.25, -0.2) is 0 Å². The first-order chi connectivity index (χ1) is 18.5. The summed E-state index contributed by atoms with van der Waals surface area (Å²) in [5, 5.41) is 15.9. The number of benzene rings is 4. The number of furan rings is 1. The fraction of sp³-hybridized carbons (Fsp3) is 0.0968. The predicted molar refractivity (Wildman–Crippen MR) is 151 cm³/mol. The molecule has 6 rings (SSSR count). The summed E-state index contributed by atoms with van der Waals surface area (Å²) in [4.78, 5) is 23.7. The zero-order valence-corrected chi connectivity index (χ0v) is 21.0. The SMILES string of the molecule is O=C(O)CCC(=O)c1cn(Cc2ccc(Nc3cccc4oc5ccccc5c34)cc2)c2ccc(Cl)cc12. The smallest absolute Gasteiger partial charge is 0.303 e.